The highest BCUT2D eigenvalue weighted by atomic mass is 32.2. The maximum Gasteiger partial charge on any atom is 0.261 e. The third-order valence-electron chi connectivity index (χ3n) is 3.33. The molecule has 0 aliphatic carbocycles. The number of hydrogen-bond acceptors (Lipinski definition) is 4. The first-order valence-electron chi connectivity index (χ1n) is 7.50. The molecule has 0 aromatic heterocycles. The fourth-order valence-corrected chi connectivity index (χ4v) is 3.26. The SMILES string of the molecule is COCC(C)NC(=O)c1ccccc1NS(=O)(=O)c1ccc(F)cc1. The maximum atomic E-state index is 13.0. The monoisotopic (exact) mass is 366 g/mol. The zero-order chi connectivity index (χ0) is 18.4. The van der Waals surface area contributed by atoms with Gasteiger partial charge < -0.3 is 10.1 Å². The minimum absolute atomic E-state index is 0.100. The first kappa shape index (κ1) is 18.9. The second kappa shape index (κ2) is 8.09. The van der Waals surface area contributed by atoms with Crippen LogP contribution in [0.1, 0.15) is 17.3 Å². The number of sulfonamides is 1. The predicted octanol–water partition coefficient (Wildman–Crippen LogP) is 2.39. The molecule has 134 valence electrons. The van der Waals surface area contributed by atoms with Gasteiger partial charge in [-0.25, -0.2) is 12.8 Å². The Bertz CT molecular complexity index is 838. The van der Waals surface area contributed by atoms with E-state index in [0.29, 0.717) is 6.61 Å². The quantitative estimate of drug-likeness (QED) is 0.788. The predicted molar refractivity (Wildman–Crippen MR) is 92.5 cm³/mol. The van der Waals surface area contributed by atoms with Gasteiger partial charge in [-0.1, -0.05) is 12.1 Å². The number of ether oxygens (including phenoxy) is 1. The lowest BCUT2D eigenvalue weighted by atomic mass is 10.1. The van der Waals surface area contributed by atoms with Gasteiger partial charge in [-0.05, 0) is 43.3 Å². The van der Waals surface area contributed by atoms with Crippen molar-refractivity contribution in [2.24, 2.45) is 0 Å². The average molecular weight is 366 g/mol. The van der Waals surface area contributed by atoms with E-state index in [1.807, 2.05) is 0 Å². The molecule has 2 aromatic carbocycles. The van der Waals surface area contributed by atoms with Gasteiger partial charge >= 0.3 is 0 Å². The van der Waals surface area contributed by atoms with Crippen molar-refractivity contribution in [2.75, 3.05) is 18.4 Å². The summed E-state index contributed by atoms with van der Waals surface area (Å²) >= 11 is 0. The number of methoxy groups -OCH3 is 1. The Kier molecular flexibility index (Phi) is 6.11. The molecule has 2 aromatic rings. The molecule has 0 saturated carbocycles. The fourth-order valence-electron chi connectivity index (χ4n) is 2.18. The Hall–Kier alpha value is -2.45. The minimum atomic E-state index is -3.95. The van der Waals surface area contributed by atoms with E-state index >= 15 is 0 Å². The van der Waals surface area contributed by atoms with E-state index in [1.54, 1.807) is 19.1 Å². The maximum absolute atomic E-state index is 13.0. The minimum Gasteiger partial charge on any atom is -0.383 e. The lowest BCUT2D eigenvalue weighted by Crippen LogP contribution is -2.36. The van der Waals surface area contributed by atoms with Gasteiger partial charge in [-0.2, -0.15) is 0 Å². The number of carbonyl (C=O) groups is 1. The van der Waals surface area contributed by atoms with E-state index in [0.717, 1.165) is 24.3 Å². The van der Waals surface area contributed by atoms with Crippen LogP contribution in [0.5, 0.6) is 0 Å². The Labute approximate surface area is 146 Å². The van der Waals surface area contributed by atoms with Crippen molar-refractivity contribution in [1.29, 1.82) is 0 Å². The summed E-state index contributed by atoms with van der Waals surface area (Å²) in [6.45, 7) is 2.10. The Morgan fingerprint density at radius 1 is 1.16 bits per heavy atom. The van der Waals surface area contributed by atoms with Crippen molar-refractivity contribution in [3.63, 3.8) is 0 Å². The summed E-state index contributed by atoms with van der Waals surface area (Å²) < 4.78 is 45.2. The van der Waals surface area contributed by atoms with Crippen LogP contribution in [0, 0.1) is 5.82 Å². The number of amides is 1. The largest absolute Gasteiger partial charge is 0.383 e. The number of halogens is 1. The van der Waals surface area contributed by atoms with Gasteiger partial charge in [-0.3, -0.25) is 9.52 Å². The molecule has 0 bridgehead atoms. The van der Waals surface area contributed by atoms with Crippen molar-refractivity contribution in [2.45, 2.75) is 17.9 Å². The molecule has 0 spiro atoms. The highest BCUT2D eigenvalue weighted by Gasteiger charge is 2.19. The van der Waals surface area contributed by atoms with Crippen LogP contribution in [0.2, 0.25) is 0 Å². The Morgan fingerprint density at radius 2 is 1.80 bits per heavy atom. The number of carbonyl (C=O) groups excluding carboxylic acids is 1. The average Bonchev–Trinajstić information content (AvgIpc) is 2.55. The highest BCUT2D eigenvalue weighted by molar-refractivity contribution is 7.92. The molecule has 0 heterocycles. The van der Waals surface area contributed by atoms with Crippen molar-refractivity contribution < 1.29 is 22.3 Å². The molecular formula is C17H19FN2O4S. The van der Waals surface area contributed by atoms with Gasteiger partial charge in [0.15, 0.2) is 0 Å². The molecule has 2 N–H and O–H groups in total. The normalized spacial score (nSPS) is 12.4. The number of para-hydroxylation sites is 1. The third-order valence-corrected chi connectivity index (χ3v) is 4.72. The van der Waals surface area contributed by atoms with E-state index in [1.165, 1.54) is 19.2 Å². The van der Waals surface area contributed by atoms with Gasteiger partial charge in [0, 0.05) is 13.2 Å². The van der Waals surface area contributed by atoms with Gasteiger partial charge in [0.25, 0.3) is 15.9 Å². The molecule has 2 rings (SSSR count). The molecule has 0 aliphatic heterocycles. The van der Waals surface area contributed by atoms with E-state index < -0.39 is 21.7 Å². The van der Waals surface area contributed by atoms with E-state index in [2.05, 4.69) is 10.0 Å². The van der Waals surface area contributed by atoms with E-state index in [9.17, 15) is 17.6 Å². The zero-order valence-electron chi connectivity index (χ0n) is 13.8. The number of hydrogen-bond donors (Lipinski definition) is 2. The van der Waals surface area contributed by atoms with E-state index in [4.69, 9.17) is 4.74 Å². The van der Waals surface area contributed by atoms with Crippen molar-refractivity contribution in [1.82, 2.24) is 5.32 Å². The van der Waals surface area contributed by atoms with Gasteiger partial charge in [0.1, 0.15) is 5.82 Å². The van der Waals surface area contributed by atoms with Crippen LogP contribution in [0.4, 0.5) is 10.1 Å². The second-order valence-electron chi connectivity index (χ2n) is 5.43. The number of benzene rings is 2. The summed E-state index contributed by atoms with van der Waals surface area (Å²) in [5.74, 6) is -0.965. The fraction of sp³-hybridized carbons (Fsp3) is 0.235. The molecule has 0 radical (unpaired) electrons. The van der Waals surface area contributed by atoms with Crippen molar-refractivity contribution >= 4 is 21.6 Å². The van der Waals surface area contributed by atoms with Crippen LogP contribution in [0.15, 0.2) is 53.4 Å². The Morgan fingerprint density at radius 3 is 2.44 bits per heavy atom. The van der Waals surface area contributed by atoms with Crippen LogP contribution in [0.25, 0.3) is 0 Å². The molecule has 0 fully saturated rings. The van der Waals surface area contributed by atoms with Crippen LogP contribution in [-0.2, 0) is 14.8 Å². The lowest BCUT2D eigenvalue weighted by Gasteiger charge is -2.16. The molecule has 25 heavy (non-hydrogen) atoms. The summed E-state index contributed by atoms with van der Waals surface area (Å²) in [7, 11) is -2.42. The van der Waals surface area contributed by atoms with Crippen LogP contribution in [-0.4, -0.2) is 34.1 Å². The summed E-state index contributed by atoms with van der Waals surface area (Å²) in [6, 6.07) is 10.4. The zero-order valence-corrected chi connectivity index (χ0v) is 14.6. The lowest BCUT2D eigenvalue weighted by molar-refractivity contribution is 0.0906. The summed E-state index contributed by atoms with van der Waals surface area (Å²) in [4.78, 5) is 12.3. The third kappa shape index (κ3) is 5.01. The summed E-state index contributed by atoms with van der Waals surface area (Å²) in [5.41, 5.74) is 0.310. The molecule has 1 amide bonds. The second-order valence-corrected chi connectivity index (χ2v) is 7.12. The molecule has 6 nitrogen and oxygen atoms in total. The summed E-state index contributed by atoms with van der Waals surface area (Å²) in [5, 5.41) is 2.72. The van der Waals surface area contributed by atoms with Crippen LogP contribution in [0.3, 0.4) is 0 Å². The number of rotatable bonds is 7. The van der Waals surface area contributed by atoms with E-state index in [-0.39, 0.29) is 22.2 Å². The molecule has 1 atom stereocenters. The number of nitrogens with one attached hydrogen (secondary N) is 2. The standard InChI is InChI=1S/C17H19FN2O4S/c1-12(11-24-2)19-17(21)15-5-3-4-6-16(15)20-25(22,23)14-9-7-13(18)8-10-14/h3-10,12,20H,11H2,1-2H3,(H,19,21). The topological polar surface area (TPSA) is 84.5 Å². The Balaban J connectivity index is 2.25. The van der Waals surface area contributed by atoms with Crippen molar-refractivity contribution in [3.05, 3.63) is 59.9 Å². The van der Waals surface area contributed by atoms with Gasteiger partial charge in [0.2, 0.25) is 0 Å². The summed E-state index contributed by atoms with van der Waals surface area (Å²) in [6.07, 6.45) is 0. The highest BCUT2D eigenvalue weighted by Crippen LogP contribution is 2.20. The first-order valence-corrected chi connectivity index (χ1v) is 8.99. The first-order chi connectivity index (χ1) is 11.8. The van der Waals surface area contributed by atoms with Gasteiger partial charge in [-0.15, -0.1) is 0 Å². The molecular weight excluding hydrogens is 347 g/mol. The molecule has 8 heteroatoms. The number of anilines is 1. The van der Waals surface area contributed by atoms with Crippen LogP contribution < -0.4 is 10.0 Å². The molecule has 0 saturated heterocycles. The van der Waals surface area contributed by atoms with Crippen molar-refractivity contribution in [3.8, 4) is 0 Å². The van der Waals surface area contributed by atoms with Gasteiger partial charge in [0.05, 0.1) is 22.8 Å². The molecule has 1 unspecified atom stereocenters. The smallest absolute Gasteiger partial charge is 0.261 e. The molecule has 0 aliphatic rings. The van der Waals surface area contributed by atoms with Crippen LogP contribution >= 0.6 is 0 Å².